The highest BCUT2D eigenvalue weighted by molar-refractivity contribution is 5.95. The van der Waals surface area contributed by atoms with Crippen LogP contribution < -0.4 is 5.32 Å². The van der Waals surface area contributed by atoms with Gasteiger partial charge in [-0.1, -0.05) is 13.0 Å². The fourth-order valence-electron chi connectivity index (χ4n) is 5.78. The first-order valence-corrected chi connectivity index (χ1v) is 12.5. The van der Waals surface area contributed by atoms with Crippen LogP contribution in [0, 0.1) is 12.3 Å². The summed E-state index contributed by atoms with van der Waals surface area (Å²) in [5.41, 5.74) is 3.53. The Labute approximate surface area is 207 Å². The molecule has 3 aromatic heterocycles. The van der Waals surface area contributed by atoms with Crippen molar-refractivity contribution in [1.29, 1.82) is 0 Å². The first-order chi connectivity index (χ1) is 17.3. The number of anilines is 1. The summed E-state index contributed by atoms with van der Waals surface area (Å²) < 4.78 is 27.8. The van der Waals surface area contributed by atoms with Gasteiger partial charge in [0, 0.05) is 42.5 Å². The van der Waals surface area contributed by atoms with Gasteiger partial charge in [0.25, 0.3) is 6.43 Å². The molecule has 2 N–H and O–H groups in total. The molecule has 4 heterocycles. The van der Waals surface area contributed by atoms with E-state index in [-0.39, 0.29) is 23.9 Å². The Balaban J connectivity index is 1.20. The zero-order chi connectivity index (χ0) is 25.0. The molecule has 0 spiro atoms. The van der Waals surface area contributed by atoms with Gasteiger partial charge >= 0.3 is 0 Å². The number of hydrogen-bond acceptors (Lipinski definition) is 5. The third-order valence-electron chi connectivity index (χ3n) is 7.64. The number of carbonyl (C=O) groups is 1. The van der Waals surface area contributed by atoms with Crippen molar-refractivity contribution in [2.24, 2.45) is 5.41 Å². The Morgan fingerprint density at radius 1 is 1.25 bits per heavy atom. The number of alkyl halides is 2. The van der Waals surface area contributed by atoms with Gasteiger partial charge in [0.05, 0.1) is 23.0 Å². The van der Waals surface area contributed by atoms with E-state index in [0.29, 0.717) is 28.5 Å². The number of likely N-dealkylation sites (tertiary alicyclic amines) is 1. The van der Waals surface area contributed by atoms with E-state index in [0.717, 1.165) is 55.3 Å². The van der Waals surface area contributed by atoms with Crippen LogP contribution in [-0.4, -0.2) is 60.9 Å². The maximum atomic E-state index is 13.1. The largest absolute Gasteiger partial charge is 0.351 e. The molecule has 0 unspecified atom stereocenters. The average molecular weight is 494 g/mol. The van der Waals surface area contributed by atoms with Crippen molar-refractivity contribution in [2.75, 3.05) is 18.4 Å². The van der Waals surface area contributed by atoms with Gasteiger partial charge in [0.15, 0.2) is 0 Å². The fourth-order valence-corrected chi connectivity index (χ4v) is 5.78. The lowest BCUT2D eigenvalue weighted by Crippen LogP contribution is -2.53. The van der Waals surface area contributed by atoms with Crippen LogP contribution in [0.3, 0.4) is 0 Å². The van der Waals surface area contributed by atoms with Gasteiger partial charge in [0.1, 0.15) is 11.5 Å². The predicted octanol–water partition coefficient (Wildman–Crippen LogP) is 4.75. The molecule has 8 nitrogen and oxygen atoms in total. The van der Waals surface area contributed by atoms with Crippen LogP contribution in [0.25, 0.3) is 33.2 Å². The number of imidazole rings is 1. The van der Waals surface area contributed by atoms with Crippen molar-refractivity contribution in [3.05, 3.63) is 36.4 Å². The number of H-pyrrole nitrogens is 1. The smallest absolute Gasteiger partial charge is 0.256 e. The van der Waals surface area contributed by atoms with Crippen LogP contribution in [0.15, 0.2) is 30.6 Å². The van der Waals surface area contributed by atoms with Crippen LogP contribution >= 0.6 is 0 Å². The van der Waals surface area contributed by atoms with Gasteiger partial charge in [-0.3, -0.25) is 4.79 Å². The minimum Gasteiger partial charge on any atom is -0.351 e. The lowest BCUT2D eigenvalue weighted by molar-refractivity contribution is -0.145. The van der Waals surface area contributed by atoms with Gasteiger partial charge in [-0.15, -0.1) is 0 Å². The Bertz CT molecular complexity index is 1450. The Hall–Kier alpha value is -3.56. The summed E-state index contributed by atoms with van der Waals surface area (Å²) in [5, 5.41) is 4.22. The molecular weight excluding hydrogens is 464 g/mol. The van der Waals surface area contributed by atoms with Gasteiger partial charge < -0.3 is 19.8 Å². The number of benzene rings is 1. The maximum Gasteiger partial charge on any atom is 0.256 e. The molecule has 1 saturated heterocycles. The summed E-state index contributed by atoms with van der Waals surface area (Å²) >= 11 is 0. The van der Waals surface area contributed by atoms with E-state index < -0.39 is 6.43 Å². The third kappa shape index (κ3) is 3.88. The number of halogens is 2. The Morgan fingerprint density at radius 2 is 2.03 bits per heavy atom. The zero-order valence-electron chi connectivity index (χ0n) is 20.4. The van der Waals surface area contributed by atoms with Crippen LogP contribution in [0.2, 0.25) is 0 Å². The molecule has 1 aliphatic carbocycles. The molecule has 188 valence electrons. The van der Waals surface area contributed by atoms with E-state index in [1.54, 1.807) is 17.7 Å². The molecular formula is C26H29F2N7O. The summed E-state index contributed by atoms with van der Waals surface area (Å²) in [7, 11) is 0. The van der Waals surface area contributed by atoms with Gasteiger partial charge in [-0.05, 0) is 50.3 Å². The average Bonchev–Trinajstić information content (AvgIpc) is 3.56. The minimum absolute atomic E-state index is 0.161. The van der Waals surface area contributed by atoms with Crippen molar-refractivity contribution < 1.29 is 13.6 Å². The summed E-state index contributed by atoms with van der Waals surface area (Å²) in [6, 6.07) is 5.84. The van der Waals surface area contributed by atoms with Gasteiger partial charge in [-0.25, -0.2) is 18.7 Å². The second kappa shape index (κ2) is 8.53. The van der Waals surface area contributed by atoms with Crippen LogP contribution in [0.5, 0.6) is 0 Å². The third-order valence-corrected chi connectivity index (χ3v) is 7.64. The number of fused-ring (bicyclic) bond motifs is 2. The van der Waals surface area contributed by atoms with Crippen molar-refractivity contribution in [3.8, 4) is 11.1 Å². The summed E-state index contributed by atoms with van der Waals surface area (Å²) in [6.07, 6.45) is 4.92. The zero-order valence-corrected chi connectivity index (χ0v) is 20.4. The normalized spacial score (nSPS) is 22.0. The lowest BCUT2D eigenvalue weighted by atomic mass is 9.66. The number of aromatic amines is 1. The number of nitrogens with one attached hydrogen (secondary N) is 2. The highest BCUT2D eigenvalue weighted by Gasteiger charge is 2.48. The summed E-state index contributed by atoms with van der Waals surface area (Å²) in [4.78, 5) is 31.6. The molecule has 2 aliphatic rings. The van der Waals surface area contributed by atoms with E-state index in [1.165, 1.54) is 0 Å². The molecule has 1 saturated carbocycles. The lowest BCUT2D eigenvalue weighted by Gasteiger charge is -2.45. The fraction of sp³-hybridized carbons (Fsp3) is 0.462. The SMILES string of the molecule is Cc1nc2ccc(-c3c[nH]c4nc(NC5CC(C)(C(=O)N6CCCC6)C5)ncc34)cc2n1CC(F)F. The van der Waals surface area contributed by atoms with Crippen molar-refractivity contribution >= 4 is 33.9 Å². The maximum absolute atomic E-state index is 13.1. The molecule has 2 fully saturated rings. The van der Waals surface area contributed by atoms with Crippen molar-refractivity contribution in [1.82, 2.24) is 29.4 Å². The second-order valence-electron chi connectivity index (χ2n) is 10.3. The summed E-state index contributed by atoms with van der Waals surface area (Å²) in [5.74, 6) is 1.36. The molecule has 4 aromatic rings. The standard InChI is InChI=1S/C26H29F2N7O/c1-15-31-20-6-5-16(9-21(20)35(15)14-22(27)28)18-12-29-23-19(18)13-30-25(33-23)32-17-10-26(2,11-17)24(36)34-7-3-4-8-34/h5-6,9,12-13,17,22H,3-4,7-8,10-11,14H2,1-2H3,(H2,29,30,32,33). The minimum atomic E-state index is -2.45. The number of amides is 1. The second-order valence-corrected chi connectivity index (χ2v) is 10.3. The number of hydrogen-bond donors (Lipinski definition) is 2. The first kappa shape index (κ1) is 22.9. The molecule has 0 bridgehead atoms. The monoisotopic (exact) mass is 493 g/mol. The number of nitrogens with zero attached hydrogens (tertiary/aromatic N) is 5. The van der Waals surface area contributed by atoms with Crippen LogP contribution in [-0.2, 0) is 11.3 Å². The highest BCUT2D eigenvalue weighted by atomic mass is 19.3. The van der Waals surface area contributed by atoms with E-state index in [9.17, 15) is 13.6 Å². The number of carbonyl (C=O) groups excluding carboxylic acids is 1. The molecule has 6 rings (SSSR count). The topological polar surface area (TPSA) is 91.7 Å². The molecule has 0 radical (unpaired) electrons. The quantitative estimate of drug-likeness (QED) is 0.404. The first-order valence-electron chi connectivity index (χ1n) is 12.5. The highest BCUT2D eigenvalue weighted by Crippen LogP contribution is 2.44. The molecule has 10 heteroatoms. The van der Waals surface area contributed by atoms with E-state index in [2.05, 4.69) is 32.2 Å². The van der Waals surface area contributed by atoms with E-state index in [4.69, 9.17) is 0 Å². The Morgan fingerprint density at radius 3 is 2.78 bits per heavy atom. The molecule has 1 aliphatic heterocycles. The number of aromatic nitrogens is 5. The van der Waals surface area contributed by atoms with Crippen molar-refractivity contribution in [3.63, 3.8) is 0 Å². The number of rotatable bonds is 6. The van der Waals surface area contributed by atoms with Gasteiger partial charge in [0.2, 0.25) is 11.9 Å². The molecule has 1 aromatic carbocycles. The van der Waals surface area contributed by atoms with Crippen LogP contribution in [0.1, 0.15) is 38.4 Å². The molecule has 1 amide bonds. The van der Waals surface area contributed by atoms with Gasteiger partial charge in [-0.2, -0.15) is 4.98 Å². The molecule has 0 atom stereocenters. The predicted molar refractivity (Wildman–Crippen MR) is 134 cm³/mol. The van der Waals surface area contributed by atoms with Crippen molar-refractivity contribution in [2.45, 2.75) is 58.5 Å². The Kier molecular flexibility index (Phi) is 5.42. The summed E-state index contributed by atoms with van der Waals surface area (Å²) in [6.45, 7) is 5.16. The number of aryl methyl sites for hydroxylation is 1. The van der Waals surface area contributed by atoms with E-state index in [1.807, 2.05) is 29.3 Å². The van der Waals surface area contributed by atoms with E-state index >= 15 is 0 Å². The molecule has 36 heavy (non-hydrogen) atoms. The van der Waals surface area contributed by atoms with Crippen LogP contribution in [0.4, 0.5) is 14.7 Å².